The SMILES string of the molecule is Cc1cccn2c(=O)c(/C=C3\SC(=S)N(C)C3=O)c(NC(C)c3ccccc3)nc12. The molecular weight excluding hydrogens is 416 g/mol. The smallest absolute Gasteiger partial charge is 0.267 e. The molecule has 3 aromatic rings. The Labute approximate surface area is 183 Å². The molecule has 0 aliphatic carbocycles. The van der Waals surface area contributed by atoms with Crippen molar-refractivity contribution in [1.29, 1.82) is 0 Å². The van der Waals surface area contributed by atoms with Crippen molar-refractivity contribution in [2.24, 2.45) is 0 Å². The molecule has 1 aromatic carbocycles. The first-order valence-electron chi connectivity index (χ1n) is 9.42. The van der Waals surface area contributed by atoms with E-state index in [1.54, 1.807) is 25.4 Å². The van der Waals surface area contributed by atoms with Crippen LogP contribution >= 0.6 is 24.0 Å². The summed E-state index contributed by atoms with van der Waals surface area (Å²) in [6.45, 7) is 3.92. The number of aryl methyl sites for hydroxylation is 1. The Morgan fingerprint density at radius 2 is 1.90 bits per heavy atom. The Hall–Kier alpha value is -2.97. The Bertz CT molecular complexity index is 1250. The van der Waals surface area contributed by atoms with Crippen LogP contribution in [-0.4, -0.2) is 31.6 Å². The van der Waals surface area contributed by atoms with E-state index in [0.29, 0.717) is 26.3 Å². The normalized spacial score (nSPS) is 16.5. The average molecular weight is 437 g/mol. The third-order valence-electron chi connectivity index (χ3n) is 5.00. The first-order chi connectivity index (χ1) is 14.4. The highest BCUT2D eigenvalue weighted by Gasteiger charge is 2.29. The van der Waals surface area contributed by atoms with E-state index in [1.807, 2.05) is 50.2 Å². The molecule has 1 amide bonds. The van der Waals surface area contributed by atoms with Crippen molar-refractivity contribution in [3.8, 4) is 0 Å². The first kappa shape index (κ1) is 20.3. The van der Waals surface area contributed by atoms with Crippen LogP contribution in [0.1, 0.15) is 29.7 Å². The van der Waals surface area contributed by atoms with Crippen molar-refractivity contribution in [2.75, 3.05) is 12.4 Å². The Balaban J connectivity index is 1.88. The summed E-state index contributed by atoms with van der Waals surface area (Å²) in [5.74, 6) is 0.216. The van der Waals surface area contributed by atoms with E-state index in [9.17, 15) is 9.59 Å². The van der Waals surface area contributed by atoms with Gasteiger partial charge in [0.1, 0.15) is 15.8 Å². The quantitative estimate of drug-likeness (QED) is 0.492. The third-order valence-corrected chi connectivity index (χ3v) is 6.48. The maximum Gasteiger partial charge on any atom is 0.267 e. The van der Waals surface area contributed by atoms with Crippen molar-refractivity contribution in [3.63, 3.8) is 0 Å². The average Bonchev–Trinajstić information content (AvgIpc) is 2.98. The van der Waals surface area contributed by atoms with E-state index >= 15 is 0 Å². The van der Waals surface area contributed by atoms with E-state index in [1.165, 1.54) is 21.1 Å². The predicted molar refractivity (Wildman–Crippen MR) is 126 cm³/mol. The highest BCUT2D eigenvalue weighted by Crippen LogP contribution is 2.32. The number of nitrogens with one attached hydrogen (secondary N) is 1. The van der Waals surface area contributed by atoms with Gasteiger partial charge in [-0.15, -0.1) is 0 Å². The number of pyridine rings is 1. The Kier molecular flexibility index (Phi) is 5.44. The number of carbonyl (C=O) groups is 1. The predicted octanol–water partition coefficient (Wildman–Crippen LogP) is 4.01. The van der Waals surface area contributed by atoms with Gasteiger partial charge in [-0.25, -0.2) is 4.98 Å². The summed E-state index contributed by atoms with van der Waals surface area (Å²) < 4.78 is 1.97. The lowest BCUT2D eigenvalue weighted by atomic mass is 10.1. The number of rotatable bonds is 4. The molecule has 2 aromatic heterocycles. The van der Waals surface area contributed by atoms with E-state index < -0.39 is 0 Å². The Morgan fingerprint density at radius 3 is 2.57 bits per heavy atom. The summed E-state index contributed by atoms with van der Waals surface area (Å²) in [4.78, 5) is 32.4. The third kappa shape index (κ3) is 3.64. The fourth-order valence-electron chi connectivity index (χ4n) is 3.26. The van der Waals surface area contributed by atoms with E-state index in [0.717, 1.165) is 11.1 Å². The lowest BCUT2D eigenvalue weighted by Crippen LogP contribution is -2.24. The largest absolute Gasteiger partial charge is 0.363 e. The molecule has 0 bridgehead atoms. The number of nitrogens with zero attached hydrogens (tertiary/aromatic N) is 3. The van der Waals surface area contributed by atoms with Crippen LogP contribution in [-0.2, 0) is 4.79 Å². The number of benzene rings is 1. The van der Waals surface area contributed by atoms with Crippen LogP contribution in [0.2, 0.25) is 0 Å². The number of hydrogen-bond acceptors (Lipinski definition) is 6. The van der Waals surface area contributed by atoms with Crippen molar-refractivity contribution in [2.45, 2.75) is 19.9 Å². The zero-order valence-electron chi connectivity index (χ0n) is 16.7. The highest BCUT2D eigenvalue weighted by molar-refractivity contribution is 8.26. The van der Waals surface area contributed by atoms with Gasteiger partial charge in [-0.05, 0) is 37.1 Å². The van der Waals surface area contributed by atoms with E-state index in [4.69, 9.17) is 17.2 Å². The molecule has 1 unspecified atom stereocenters. The van der Waals surface area contributed by atoms with Gasteiger partial charge < -0.3 is 5.32 Å². The molecule has 1 saturated heterocycles. The second kappa shape index (κ2) is 8.04. The number of fused-ring (bicyclic) bond motifs is 1. The van der Waals surface area contributed by atoms with Crippen molar-refractivity contribution in [1.82, 2.24) is 14.3 Å². The minimum Gasteiger partial charge on any atom is -0.363 e. The molecule has 6 nitrogen and oxygen atoms in total. The summed E-state index contributed by atoms with van der Waals surface area (Å²) >= 11 is 6.40. The number of hydrogen-bond donors (Lipinski definition) is 1. The summed E-state index contributed by atoms with van der Waals surface area (Å²) in [6.07, 6.45) is 3.28. The summed E-state index contributed by atoms with van der Waals surface area (Å²) in [6, 6.07) is 13.5. The minimum atomic E-state index is -0.243. The zero-order chi connectivity index (χ0) is 21.4. The standard InChI is InChI=1S/C22H20N4O2S2/c1-13-8-7-11-26-19(13)24-18(23-14(2)15-9-5-4-6-10-15)16(20(26)27)12-17-21(28)25(3)22(29)30-17/h4-12,14,23H,1-3H3/b17-12-. The summed E-state index contributed by atoms with van der Waals surface area (Å²) in [5.41, 5.74) is 2.61. The highest BCUT2D eigenvalue weighted by atomic mass is 32.2. The molecule has 0 saturated carbocycles. The number of aromatic nitrogens is 2. The first-order valence-corrected chi connectivity index (χ1v) is 10.6. The van der Waals surface area contributed by atoms with Gasteiger partial charge in [-0.2, -0.15) is 0 Å². The molecule has 1 aliphatic rings. The lowest BCUT2D eigenvalue weighted by Gasteiger charge is -2.18. The van der Waals surface area contributed by atoms with Crippen molar-refractivity contribution >= 4 is 51.7 Å². The van der Waals surface area contributed by atoms with Crippen molar-refractivity contribution < 1.29 is 4.79 Å². The fraction of sp³-hybridized carbons (Fsp3) is 0.182. The topological polar surface area (TPSA) is 66.7 Å². The molecule has 3 heterocycles. The summed E-state index contributed by atoms with van der Waals surface area (Å²) in [7, 11) is 1.63. The molecule has 8 heteroatoms. The monoisotopic (exact) mass is 436 g/mol. The number of thioether (sulfide) groups is 1. The van der Waals surface area contributed by atoms with Gasteiger partial charge in [0, 0.05) is 19.3 Å². The van der Waals surface area contributed by atoms with Gasteiger partial charge in [-0.3, -0.25) is 18.9 Å². The number of amides is 1. The van der Waals surface area contributed by atoms with E-state index in [-0.39, 0.29) is 17.5 Å². The van der Waals surface area contributed by atoms with Crippen LogP contribution in [0, 0.1) is 6.92 Å². The Morgan fingerprint density at radius 1 is 1.17 bits per heavy atom. The summed E-state index contributed by atoms with van der Waals surface area (Å²) in [5, 5.41) is 3.36. The van der Waals surface area contributed by atoms with Crippen LogP contribution in [0.25, 0.3) is 11.7 Å². The maximum atomic E-state index is 13.3. The van der Waals surface area contributed by atoms with Crippen LogP contribution in [0.4, 0.5) is 5.82 Å². The van der Waals surface area contributed by atoms with Gasteiger partial charge in [0.2, 0.25) is 0 Å². The maximum absolute atomic E-state index is 13.3. The fourth-order valence-corrected chi connectivity index (χ4v) is 4.42. The zero-order valence-corrected chi connectivity index (χ0v) is 18.4. The molecule has 1 fully saturated rings. The molecule has 1 aliphatic heterocycles. The van der Waals surface area contributed by atoms with Crippen LogP contribution in [0.5, 0.6) is 0 Å². The van der Waals surface area contributed by atoms with Crippen LogP contribution in [0.15, 0.2) is 58.4 Å². The minimum absolute atomic E-state index is 0.0857. The molecule has 0 radical (unpaired) electrons. The number of anilines is 1. The van der Waals surface area contributed by atoms with Crippen LogP contribution in [0.3, 0.4) is 0 Å². The molecule has 1 atom stereocenters. The van der Waals surface area contributed by atoms with Crippen molar-refractivity contribution in [3.05, 3.63) is 80.6 Å². The van der Waals surface area contributed by atoms with Gasteiger partial charge in [0.15, 0.2) is 0 Å². The molecule has 1 N–H and O–H groups in total. The molecule has 4 rings (SSSR count). The van der Waals surface area contributed by atoms with E-state index in [2.05, 4.69) is 5.32 Å². The molecule has 0 spiro atoms. The lowest BCUT2D eigenvalue weighted by molar-refractivity contribution is -0.121. The van der Waals surface area contributed by atoms with Gasteiger partial charge in [0.05, 0.1) is 10.5 Å². The second-order valence-electron chi connectivity index (χ2n) is 7.08. The number of thiocarbonyl (C=S) groups is 1. The number of likely N-dealkylation sites (N-methyl/N-ethyl adjacent to an activating group) is 1. The molecule has 152 valence electrons. The molecule has 30 heavy (non-hydrogen) atoms. The van der Waals surface area contributed by atoms with Gasteiger partial charge >= 0.3 is 0 Å². The second-order valence-corrected chi connectivity index (χ2v) is 8.76. The molecular formula is C22H20N4O2S2. The van der Waals surface area contributed by atoms with Gasteiger partial charge in [-0.1, -0.05) is 60.4 Å². The number of carbonyl (C=O) groups excluding carboxylic acids is 1. The van der Waals surface area contributed by atoms with Crippen LogP contribution < -0.4 is 10.9 Å². The van der Waals surface area contributed by atoms with Gasteiger partial charge in [0.25, 0.3) is 11.5 Å².